The van der Waals surface area contributed by atoms with Gasteiger partial charge in [-0.25, -0.2) is 4.98 Å². The lowest BCUT2D eigenvalue weighted by Crippen LogP contribution is -2.11. The average Bonchev–Trinajstić information content (AvgIpc) is 3.08. The standard InChI is InChI=1S/C20H20N2O2S/c1-24-17-10-7-16(8-11-17)13-18-14-21-20(25-18)22-19(23)12-9-15-5-3-2-4-6-15/h2-8,10-11,14H,9,12-13H2,1H3,(H,21,22,23). The molecular weight excluding hydrogens is 332 g/mol. The van der Waals surface area contributed by atoms with Crippen LogP contribution in [-0.4, -0.2) is 18.0 Å². The van der Waals surface area contributed by atoms with Gasteiger partial charge in [-0.2, -0.15) is 0 Å². The van der Waals surface area contributed by atoms with E-state index in [1.165, 1.54) is 16.9 Å². The minimum Gasteiger partial charge on any atom is -0.497 e. The summed E-state index contributed by atoms with van der Waals surface area (Å²) in [4.78, 5) is 17.5. The quantitative estimate of drug-likeness (QED) is 0.689. The molecule has 0 spiro atoms. The van der Waals surface area contributed by atoms with Crippen molar-refractivity contribution in [1.29, 1.82) is 0 Å². The molecule has 3 aromatic rings. The number of benzene rings is 2. The molecule has 4 nitrogen and oxygen atoms in total. The monoisotopic (exact) mass is 352 g/mol. The molecular formula is C20H20N2O2S. The Bertz CT molecular complexity index is 813. The van der Waals surface area contributed by atoms with E-state index in [4.69, 9.17) is 4.74 Å². The molecule has 1 aromatic heterocycles. The minimum absolute atomic E-state index is 0.00537. The van der Waals surface area contributed by atoms with Crippen molar-refractivity contribution >= 4 is 22.4 Å². The van der Waals surface area contributed by atoms with Gasteiger partial charge >= 0.3 is 0 Å². The molecule has 0 atom stereocenters. The molecule has 0 aliphatic heterocycles. The number of rotatable bonds is 7. The molecule has 1 amide bonds. The lowest BCUT2D eigenvalue weighted by Gasteiger charge is -2.02. The van der Waals surface area contributed by atoms with Crippen LogP contribution in [0, 0.1) is 0 Å². The van der Waals surface area contributed by atoms with Gasteiger partial charge in [-0.15, -0.1) is 11.3 Å². The number of hydrogen-bond acceptors (Lipinski definition) is 4. The second kappa shape index (κ2) is 8.44. The van der Waals surface area contributed by atoms with Crippen LogP contribution in [0.1, 0.15) is 22.4 Å². The van der Waals surface area contributed by atoms with E-state index in [0.717, 1.165) is 29.0 Å². The van der Waals surface area contributed by atoms with Crippen molar-refractivity contribution in [3.05, 3.63) is 76.8 Å². The van der Waals surface area contributed by atoms with Crippen LogP contribution in [-0.2, 0) is 17.6 Å². The first-order chi connectivity index (χ1) is 12.2. The molecule has 0 bridgehead atoms. The molecule has 128 valence electrons. The van der Waals surface area contributed by atoms with Crippen LogP contribution < -0.4 is 10.1 Å². The molecule has 25 heavy (non-hydrogen) atoms. The molecule has 1 N–H and O–H groups in total. The summed E-state index contributed by atoms with van der Waals surface area (Å²) in [5, 5.41) is 3.54. The van der Waals surface area contributed by atoms with Gasteiger partial charge in [0.05, 0.1) is 7.11 Å². The van der Waals surface area contributed by atoms with Crippen molar-refractivity contribution in [2.45, 2.75) is 19.3 Å². The van der Waals surface area contributed by atoms with Gasteiger partial charge in [-0.05, 0) is 29.7 Å². The fourth-order valence-electron chi connectivity index (χ4n) is 2.48. The van der Waals surface area contributed by atoms with Crippen molar-refractivity contribution in [2.24, 2.45) is 0 Å². The van der Waals surface area contributed by atoms with Gasteiger partial charge in [-0.3, -0.25) is 4.79 Å². The zero-order chi connectivity index (χ0) is 17.5. The summed E-state index contributed by atoms with van der Waals surface area (Å²) in [5.41, 5.74) is 2.35. The lowest BCUT2D eigenvalue weighted by molar-refractivity contribution is -0.116. The summed E-state index contributed by atoms with van der Waals surface area (Å²) in [5.74, 6) is 0.841. The fraction of sp³-hybridized carbons (Fsp3) is 0.200. The number of ether oxygens (including phenoxy) is 1. The minimum atomic E-state index is -0.00537. The normalized spacial score (nSPS) is 10.4. The van der Waals surface area contributed by atoms with E-state index in [2.05, 4.69) is 10.3 Å². The van der Waals surface area contributed by atoms with Gasteiger partial charge in [0.25, 0.3) is 0 Å². The smallest absolute Gasteiger partial charge is 0.226 e. The van der Waals surface area contributed by atoms with Gasteiger partial charge in [-0.1, -0.05) is 42.5 Å². The van der Waals surface area contributed by atoms with Gasteiger partial charge in [0.15, 0.2) is 5.13 Å². The fourth-order valence-corrected chi connectivity index (χ4v) is 3.34. The van der Waals surface area contributed by atoms with E-state index in [9.17, 15) is 4.79 Å². The number of carbonyl (C=O) groups excluding carboxylic acids is 1. The summed E-state index contributed by atoms with van der Waals surface area (Å²) < 4.78 is 5.16. The van der Waals surface area contributed by atoms with Crippen molar-refractivity contribution in [3.8, 4) is 5.75 Å². The summed E-state index contributed by atoms with van der Waals surface area (Å²) in [6.45, 7) is 0. The maximum absolute atomic E-state index is 12.1. The Morgan fingerprint density at radius 3 is 2.56 bits per heavy atom. The largest absolute Gasteiger partial charge is 0.497 e. The molecule has 5 heteroatoms. The Balaban J connectivity index is 1.51. The van der Waals surface area contributed by atoms with Crippen LogP contribution in [0.2, 0.25) is 0 Å². The maximum atomic E-state index is 12.1. The Hall–Kier alpha value is -2.66. The molecule has 0 aliphatic rings. The third kappa shape index (κ3) is 5.16. The van der Waals surface area contributed by atoms with E-state index in [-0.39, 0.29) is 5.91 Å². The summed E-state index contributed by atoms with van der Waals surface area (Å²) in [6, 6.07) is 18.0. The van der Waals surface area contributed by atoms with E-state index in [0.29, 0.717) is 11.6 Å². The predicted molar refractivity (Wildman–Crippen MR) is 101 cm³/mol. The number of aryl methyl sites for hydroxylation is 1. The van der Waals surface area contributed by atoms with Crippen LogP contribution in [0.25, 0.3) is 0 Å². The second-order valence-electron chi connectivity index (χ2n) is 5.69. The number of methoxy groups -OCH3 is 1. The molecule has 2 aromatic carbocycles. The number of aromatic nitrogens is 1. The highest BCUT2D eigenvalue weighted by Crippen LogP contribution is 2.22. The topological polar surface area (TPSA) is 51.2 Å². The highest BCUT2D eigenvalue weighted by Gasteiger charge is 2.08. The lowest BCUT2D eigenvalue weighted by atomic mass is 10.1. The van der Waals surface area contributed by atoms with Crippen LogP contribution in [0.3, 0.4) is 0 Å². The van der Waals surface area contributed by atoms with Crippen LogP contribution in [0.15, 0.2) is 60.8 Å². The average molecular weight is 352 g/mol. The van der Waals surface area contributed by atoms with Crippen LogP contribution in [0.5, 0.6) is 5.75 Å². The second-order valence-corrected chi connectivity index (χ2v) is 6.81. The first-order valence-corrected chi connectivity index (χ1v) is 8.96. The maximum Gasteiger partial charge on any atom is 0.226 e. The summed E-state index contributed by atoms with van der Waals surface area (Å²) in [6.07, 6.45) is 3.80. The number of nitrogens with zero attached hydrogens (tertiary/aromatic N) is 1. The van der Waals surface area contributed by atoms with Gasteiger partial charge in [0.1, 0.15) is 5.75 Å². The summed E-state index contributed by atoms with van der Waals surface area (Å²) in [7, 11) is 1.66. The molecule has 0 unspecified atom stereocenters. The van der Waals surface area contributed by atoms with Gasteiger partial charge < -0.3 is 10.1 Å². The Labute approximate surface area is 151 Å². The van der Waals surface area contributed by atoms with E-state index >= 15 is 0 Å². The predicted octanol–water partition coefficient (Wildman–Crippen LogP) is 4.31. The molecule has 0 fully saturated rings. The SMILES string of the molecule is COc1ccc(Cc2cnc(NC(=O)CCc3ccccc3)s2)cc1. The Morgan fingerprint density at radius 2 is 1.84 bits per heavy atom. The number of thiazole rings is 1. The molecule has 3 rings (SSSR count). The van der Waals surface area contributed by atoms with E-state index in [1.54, 1.807) is 7.11 Å². The third-order valence-electron chi connectivity index (χ3n) is 3.82. The van der Waals surface area contributed by atoms with Crippen molar-refractivity contribution in [1.82, 2.24) is 4.98 Å². The molecule has 0 saturated heterocycles. The number of nitrogens with one attached hydrogen (secondary N) is 1. The van der Waals surface area contributed by atoms with Gasteiger partial charge in [0, 0.05) is 23.9 Å². The van der Waals surface area contributed by atoms with Crippen molar-refractivity contribution < 1.29 is 9.53 Å². The van der Waals surface area contributed by atoms with E-state index in [1.807, 2.05) is 60.8 Å². The highest BCUT2D eigenvalue weighted by atomic mass is 32.1. The number of amides is 1. The third-order valence-corrected chi connectivity index (χ3v) is 4.73. The van der Waals surface area contributed by atoms with Crippen LogP contribution in [0.4, 0.5) is 5.13 Å². The first kappa shape index (κ1) is 17.2. The van der Waals surface area contributed by atoms with Crippen molar-refractivity contribution in [3.63, 3.8) is 0 Å². The van der Waals surface area contributed by atoms with Gasteiger partial charge in [0.2, 0.25) is 5.91 Å². The zero-order valence-corrected chi connectivity index (χ0v) is 14.9. The number of anilines is 1. The highest BCUT2D eigenvalue weighted by molar-refractivity contribution is 7.15. The Morgan fingerprint density at radius 1 is 1.08 bits per heavy atom. The summed E-state index contributed by atoms with van der Waals surface area (Å²) >= 11 is 1.51. The number of hydrogen-bond donors (Lipinski definition) is 1. The first-order valence-electron chi connectivity index (χ1n) is 8.14. The zero-order valence-electron chi connectivity index (χ0n) is 14.1. The molecule has 0 aliphatic carbocycles. The Kier molecular flexibility index (Phi) is 5.80. The van der Waals surface area contributed by atoms with Crippen LogP contribution >= 0.6 is 11.3 Å². The van der Waals surface area contributed by atoms with E-state index < -0.39 is 0 Å². The number of carbonyl (C=O) groups is 1. The van der Waals surface area contributed by atoms with Crippen molar-refractivity contribution in [2.75, 3.05) is 12.4 Å². The molecule has 0 radical (unpaired) electrons. The molecule has 1 heterocycles. The molecule has 0 saturated carbocycles.